The first-order valence-electron chi connectivity index (χ1n) is 6.59. The molecule has 0 bridgehead atoms. The van der Waals surface area contributed by atoms with Gasteiger partial charge in [0.05, 0.1) is 0 Å². The molecule has 1 aromatic carbocycles. The van der Waals surface area contributed by atoms with Crippen LogP contribution in [0.4, 0.5) is 5.69 Å². The molecule has 1 N–H and O–H groups in total. The minimum absolute atomic E-state index is 0.0364. The van der Waals surface area contributed by atoms with Gasteiger partial charge in [-0.2, -0.15) is 0 Å². The Kier molecular flexibility index (Phi) is 3.63. The Hall–Kier alpha value is -1.59. The molecule has 0 saturated heterocycles. The number of amides is 1. The number of carbonyl (C=O) groups is 1. The third kappa shape index (κ3) is 2.39. The molecule has 1 aliphatic rings. The fourth-order valence-electron chi connectivity index (χ4n) is 2.54. The van der Waals surface area contributed by atoms with E-state index in [1.165, 1.54) is 0 Å². The first-order valence-corrected chi connectivity index (χ1v) is 7.38. The minimum atomic E-state index is 0.0364. The fourth-order valence-corrected chi connectivity index (χ4v) is 3.07. The second-order valence-corrected chi connectivity index (χ2v) is 5.83. The summed E-state index contributed by atoms with van der Waals surface area (Å²) in [4.78, 5) is 14.7. The van der Waals surface area contributed by atoms with Crippen LogP contribution in [-0.2, 0) is 13.6 Å². The normalized spacial score (nSPS) is 14.8. The monoisotopic (exact) mass is 333 g/mol. The highest BCUT2D eigenvalue weighted by Gasteiger charge is 2.23. The maximum atomic E-state index is 12.8. The van der Waals surface area contributed by atoms with Gasteiger partial charge in [-0.3, -0.25) is 4.79 Å². The molecule has 3 rings (SSSR count). The summed E-state index contributed by atoms with van der Waals surface area (Å²) in [5, 5.41) is 3.35. The number of hydrogen-bond donors (Lipinski definition) is 1. The number of aromatic nitrogens is 1. The number of nitrogens with one attached hydrogen (secondary N) is 1. The third-order valence-electron chi connectivity index (χ3n) is 3.55. The second-order valence-electron chi connectivity index (χ2n) is 4.92. The lowest BCUT2D eigenvalue weighted by Gasteiger charge is -2.22. The van der Waals surface area contributed by atoms with Crippen LogP contribution in [0.2, 0.25) is 0 Å². The van der Waals surface area contributed by atoms with Gasteiger partial charge in [0.25, 0.3) is 5.91 Å². The van der Waals surface area contributed by atoms with E-state index in [4.69, 9.17) is 0 Å². The van der Waals surface area contributed by atoms with Crippen molar-refractivity contribution in [2.24, 2.45) is 7.05 Å². The van der Waals surface area contributed by atoms with Crippen molar-refractivity contribution < 1.29 is 4.79 Å². The number of benzene rings is 1. The van der Waals surface area contributed by atoms with Crippen molar-refractivity contribution in [1.29, 1.82) is 0 Å². The molecule has 0 spiro atoms. The molecule has 1 amide bonds. The van der Waals surface area contributed by atoms with Crippen LogP contribution in [-0.4, -0.2) is 23.6 Å². The standard InChI is InChI=1S/C15H16BrN3O/c1-18-10-12(16)8-14(18)15(20)19-7-6-17-9-11-4-2-3-5-13(11)19/h2-5,8,10,17H,6-7,9H2,1H3. The van der Waals surface area contributed by atoms with Gasteiger partial charge in [0.15, 0.2) is 0 Å². The van der Waals surface area contributed by atoms with E-state index in [0.717, 1.165) is 28.8 Å². The zero-order chi connectivity index (χ0) is 14.1. The maximum absolute atomic E-state index is 12.8. The van der Waals surface area contributed by atoms with Crippen LogP contribution in [0.15, 0.2) is 41.0 Å². The molecule has 4 nitrogen and oxygen atoms in total. The molecule has 20 heavy (non-hydrogen) atoms. The summed E-state index contributed by atoms with van der Waals surface area (Å²) in [6.45, 7) is 2.28. The van der Waals surface area contributed by atoms with E-state index in [1.54, 1.807) is 0 Å². The summed E-state index contributed by atoms with van der Waals surface area (Å²) in [6, 6.07) is 9.93. The van der Waals surface area contributed by atoms with Crippen LogP contribution in [0, 0.1) is 0 Å². The van der Waals surface area contributed by atoms with Gasteiger partial charge in [-0.05, 0) is 33.6 Å². The molecule has 2 aromatic rings. The number of anilines is 1. The van der Waals surface area contributed by atoms with E-state index in [9.17, 15) is 4.79 Å². The topological polar surface area (TPSA) is 37.3 Å². The zero-order valence-corrected chi connectivity index (χ0v) is 12.9. The van der Waals surface area contributed by atoms with Crippen LogP contribution in [0.5, 0.6) is 0 Å². The van der Waals surface area contributed by atoms with Crippen molar-refractivity contribution in [1.82, 2.24) is 9.88 Å². The Bertz CT molecular complexity index is 650. The van der Waals surface area contributed by atoms with Crippen molar-refractivity contribution in [3.63, 3.8) is 0 Å². The molecule has 0 unspecified atom stereocenters. The van der Waals surface area contributed by atoms with Crippen LogP contribution in [0.3, 0.4) is 0 Å². The summed E-state index contributed by atoms with van der Waals surface area (Å²) in [5.41, 5.74) is 2.85. The van der Waals surface area contributed by atoms with Crippen molar-refractivity contribution in [2.45, 2.75) is 6.54 Å². The number of fused-ring (bicyclic) bond motifs is 1. The average Bonchev–Trinajstić information content (AvgIpc) is 2.66. The van der Waals surface area contributed by atoms with Gasteiger partial charge in [0.1, 0.15) is 5.69 Å². The number of rotatable bonds is 1. The van der Waals surface area contributed by atoms with E-state index < -0.39 is 0 Å². The quantitative estimate of drug-likeness (QED) is 0.870. The second kappa shape index (κ2) is 5.42. The summed E-state index contributed by atoms with van der Waals surface area (Å²) in [6.07, 6.45) is 1.90. The van der Waals surface area contributed by atoms with Crippen LogP contribution >= 0.6 is 15.9 Å². The van der Waals surface area contributed by atoms with Gasteiger partial charge in [-0.15, -0.1) is 0 Å². The number of nitrogens with zero attached hydrogens (tertiary/aromatic N) is 2. The van der Waals surface area contributed by atoms with E-state index in [-0.39, 0.29) is 5.91 Å². The number of hydrogen-bond acceptors (Lipinski definition) is 2. The first-order chi connectivity index (χ1) is 9.66. The lowest BCUT2D eigenvalue weighted by Crippen LogP contribution is -2.35. The molecule has 5 heteroatoms. The summed E-state index contributed by atoms with van der Waals surface area (Å²) >= 11 is 3.42. The molecule has 0 radical (unpaired) electrons. The average molecular weight is 334 g/mol. The summed E-state index contributed by atoms with van der Waals surface area (Å²) < 4.78 is 2.78. The van der Waals surface area contributed by atoms with Crippen molar-refractivity contribution >= 4 is 27.5 Å². The van der Waals surface area contributed by atoms with Crippen molar-refractivity contribution in [3.05, 3.63) is 52.3 Å². The Balaban J connectivity index is 2.01. The molecule has 0 atom stereocenters. The van der Waals surface area contributed by atoms with Gasteiger partial charge in [-0.25, -0.2) is 0 Å². The first kappa shape index (κ1) is 13.4. The van der Waals surface area contributed by atoms with E-state index in [2.05, 4.69) is 27.3 Å². The summed E-state index contributed by atoms with van der Waals surface area (Å²) in [5.74, 6) is 0.0364. The lowest BCUT2D eigenvalue weighted by atomic mass is 10.1. The Labute approximate surface area is 126 Å². The largest absolute Gasteiger partial charge is 0.345 e. The SMILES string of the molecule is Cn1cc(Br)cc1C(=O)N1CCNCc2ccccc21. The molecule has 0 fully saturated rings. The molecule has 2 heterocycles. The van der Waals surface area contributed by atoms with E-state index in [0.29, 0.717) is 12.2 Å². The van der Waals surface area contributed by atoms with Gasteiger partial charge >= 0.3 is 0 Å². The number of para-hydroxylation sites is 1. The van der Waals surface area contributed by atoms with Crippen molar-refractivity contribution in [2.75, 3.05) is 18.0 Å². The molecule has 0 aliphatic carbocycles. The molecule has 1 aromatic heterocycles. The Morgan fingerprint density at radius 2 is 2.15 bits per heavy atom. The van der Waals surface area contributed by atoms with Gasteiger partial charge in [-0.1, -0.05) is 18.2 Å². The van der Waals surface area contributed by atoms with Gasteiger partial charge in [0.2, 0.25) is 0 Å². The Morgan fingerprint density at radius 3 is 2.90 bits per heavy atom. The molecule has 1 aliphatic heterocycles. The van der Waals surface area contributed by atoms with Gasteiger partial charge in [0, 0.05) is 43.0 Å². The van der Waals surface area contributed by atoms with Crippen LogP contribution in [0.1, 0.15) is 16.1 Å². The zero-order valence-electron chi connectivity index (χ0n) is 11.3. The predicted molar refractivity (Wildman–Crippen MR) is 82.9 cm³/mol. The fraction of sp³-hybridized carbons (Fsp3) is 0.267. The molecule has 104 valence electrons. The number of halogens is 1. The third-order valence-corrected chi connectivity index (χ3v) is 3.98. The van der Waals surface area contributed by atoms with E-state index >= 15 is 0 Å². The smallest absolute Gasteiger partial charge is 0.274 e. The predicted octanol–water partition coefficient (Wildman–Crippen LogP) is 2.54. The molecular weight excluding hydrogens is 318 g/mol. The maximum Gasteiger partial charge on any atom is 0.274 e. The minimum Gasteiger partial charge on any atom is -0.345 e. The Morgan fingerprint density at radius 1 is 1.35 bits per heavy atom. The highest BCUT2D eigenvalue weighted by atomic mass is 79.9. The van der Waals surface area contributed by atoms with Gasteiger partial charge < -0.3 is 14.8 Å². The molecule has 0 saturated carbocycles. The van der Waals surface area contributed by atoms with Crippen LogP contribution < -0.4 is 10.2 Å². The lowest BCUT2D eigenvalue weighted by molar-refractivity contribution is 0.0980. The number of carbonyl (C=O) groups excluding carboxylic acids is 1. The molecular formula is C15H16BrN3O. The summed E-state index contributed by atoms with van der Waals surface area (Å²) in [7, 11) is 1.89. The highest BCUT2D eigenvalue weighted by Crippen LogP contribution is 2.25. The highest BCUT2D eigenvalue weighted by molar-refractivity contribution is 9.10. The van der Waals surface area contributed by atoms with Crippen molar-refractivity contribution in [3.8, 4) is 0 Å². The number of aryl methyl sites for hydroxylation is 1. The van der Waals surface area contributed by atoms with Crippen LogP contribution in [0.25, 0.3) is 0 Å². The van der Waals surface area contributed by atoms with E-state index in [1.807, 2.05) is 47.0 Å².